The fourth-order valence-corrected chi connectivity index (χ4v) is 2.86. The fraction of sp³-hybridized carbons (Fsp3) is 0.167. The van der Waals surface area contributed by atoms with Crippen molar-refractivity contribution in [1.29, 1.82) is 0 Å². The molecule has 1 aromatic carbocycles. The van der Waals surface area contributed by atoms with Gasteiger partial charge in [0.05, 0.1) is 18.5 Å². The van der Waals surface area contributed by atoms with Gasteiger partial charge in [0.1, 0.15) is 4.88 Å². The highest BCUT2D eigenvalue weighted by atomic mass is 79.9. The summed E-state index contributed by atoms with van der Waals surface area (Å²) in [5.41, 5.74) is 1.43. The van der Waals surface area contributed by atoms with E-state index in [1.165, 1.54) is 18.4 Å². The molecule has 0 fully saturated rings. The molecule has 2 aromatic rings. The molecule has 2 rings (SSSR count). The maximum Gasteiger partial charge on any atom is 0.350 e. The predicted octanol–water partition coefficient (Wildman–Crippen LogP) is 4.40. The molecule has 0 saturated heterocycles. The number of halogens is 2. The van der Waals surface area contributed by atoms with Crippen LogP contribution in [0.4, 0.5) is 10.8 Å². The van der Waals surface area contributed by atoms with Crippen LogP contribution in [-0.4, -0.2) is 18.1 Å². The molecule has 0 spiro atoms. The zero-order valence-electron chi connectivity index (χ0n) is 10.2. The molecule has 0 aliphatic heterocycles. The molecule has 4 nitrogen and oxygen atoms in total. The van der Waals surface area contributed by atoms with Gasteiger partial charge in [0.15, 0.2) is 5.13 Å². The first-order valence-electron chi connectivity index (χ1n) is 5.29. The van der Waals surface area contributed by atoms with Crippen molar-refractivity contribution >= 4 is 55.7 Å². The third-order valence-corrected chi connectivity index (χ3v) is 4.32. The summed E-state index contributed by atoms with van der Waals surface area (Å²) in [6, 6.07) is 5.40. The maximum absolute atomic E-state index is 11.5. The van der Waals surface area contributed by atoms with Crippen LogP contribution >= 0.6 is 38.9 Å². The molecular weight excluding hydrogens is 352 g/mol. The highest BCUT2D eigenvalue weighted by Gasteiger charge is 2.16. The number of thiazole rings is 1. The largest absolute Gasteiger partial charge is 0.465 e. The van der Waals surface area contributed by atoms with Crippen molar-refractivity contribution in [2.24, 2.45) is 0 Å². The van der Waals surface area contributed by atoms with Gasteiger partial charge in [-0.2, -0.15) is 0 Å². The Kier molecular flexibility index (Phi) is 4.44. The summed E-state index contributed by atoms with van der Waals surface area (Å²) < 4.78 is 5.56. The van der Waals surface area contributed by atoms with Crippen LogP contribution in [0.3, 0.4) is 0 Å². The van der Waals surface area contributed by atoms with Gasteiger partial charge in [-0.15, -0.1) is 0 Å². The van der Waals surface area contributed by atoms with Crippen molar-refractivity contribution in [3.8, 4) is 0 Å². The SMILES string of the molecule is COC(=O)c1sc(Nc2cc(Cl)ccc2Br)nc1C. The number of rotatable bonds is 3. The van der Waals surface area contributed by atoms with Crippen LogP contribution in [0, 0.1) is 6.92 Å². The van der Waals surface area contributed by atoms with E-state index >= 15 is 0 Å². The first-order chi connectivity index (χ1) is 9.01. The first kappa shape index (κ1) is 14.3. The van der Waals surface area contributed by atoms with Gasteiger partial charge in [-0.3, -0.25) is 0 Å². The minimum absolute atomic E-state index is 0.381. The molecule has 0 saturated carbocycles. The summed E-state index contributed by atoms with van der Waals surface area (Å²) in [5.74, 6) is -0.381. The molecule has 0 atom stereocenters. The van der Waals surface area contributed by atoms with Crippen LogP contribution in [0.2, 0.25) is 5.02 Å². The Bertz CT molecular complexity index is 630. The van der Waals surface area contributed by atoms with Crippen LogP contribution in [0.5, 0.6) is 0 Å². The lowest BCUT2D eigenvalue weighted by atomic mass is 10.3. The van der Waals surface area contributed by atoms with Crippen molar-refractivity contribution in [2.45, 2.75) is 6.92 Å². The lowest BCUT2D eigenvalue weighted by molar-refractivity contribution is 0.0605. The molecule has 0 unspecified atom stereocenters. The molecule has 0 amide bonds. The molecule has 1 heterocycles. The third-order valence-electron chi connectivity index (χ3n) is 2.34. The third kappa shape index (κ3) is 3.26. The van der Waals surface area contributed by atoms with Crippen LogP contribution < -0.4 is 5.32 Å². The normalized spacial score (nSPS) is 10.3. The number of nitrogens with one attached hydrogen (secondary N) is 1. The molecule has 0 radical (unpaired) electrons. The number of hydrogen-bond acceptors (Lipinski definition) is 5. The van der Waals surface area contributed by atoms with Crippen LogP contribution in [0.15, 0.2) is 22.7 Å². The van der Waals surface area contributed by atoms with E-state index in [9.17, 15) is 4.79 Å². The number of anilines is 2. The first-order valence-corrected chi connectivity index (χ1v) is 7.28. The summed E-state index contributed by atoms with van der Waals surface area (Å²) in [7, 11) is 1.35. The summed E-state index contributed by atoms with van der Waals surface area (Å²) in [4.78, 5) is 16.3. The number of aryl methyl sites for hydroxylation is 1. The van der Waals surface area contributed by atoms with Crippen molar-refractivity contribution in [2.75, 3.05) is 12.4 Å². The second-order valence-electron chi connectivity index (χ2n) is 3.67. The van der Waals surface area contributed by atoms with Crippen LogP contribution in [0.1, 0.15) is 15.4 Å². The number of nitrogens with zero attached hydrogens (tertiary/aromatic N) is 1. The van der Waals surface area contributed by atoms with Crippen molar-refractivity contribution in [3.05, 3.63) is 38.3 Å². The Morgan fingerprint density at radius 3 is 2.95 bits per heavy atom. The van der Waals surface area contributed by atoms with Gasteiger partial charge in [-0.05, 0) is 41.1 Å². The van der Waals surface area contributed by atoms with E-state index in [4.69, 9.17) is 16.3 Å². The number of esters is 1. The average Bonchev–Trinajstić information content (AvgIpc) is 2.74. The van der Waals surface area contributed by atoms with Gasteiger partial charge in [0.25, 0.3) is 0 Å². The van der Waals surface area contributed by atoms with Crippen LogP contribution in [-0.2, 0) is 4.74 Å². The maximum atomic E-state index is 11.5. The minimum atomic E-state index is -0.381. The Hall–Kier alpha value is -1.11. The lowest BCUT2D eigenvalue weighted by Crippen LogP contribution is -1.99. The zero-order valence-corrected chi connectivity index (χ0v) is 13.3. The second-order valence-corrected chi connectivity index (χ2v) is 5.96. The van der Waals surface area contributed by atoms with E-state index in [0.717, 1.165) is 10.2 Å². The van der Waals surface area contributed by atoms with Gasteiger partial charge >= 0.3 is 5.97 Å². The van der Waals surface area contributed by atoms with Gasteiger partial charge in [-0.25, -0.2) is 9.78 Å². The zero-order chi connectivity index (χ0) is 14.0. The highest BCUT2D eigenvalue weighted by Crippen LogP contribution is 2.31. The Balaban J connectivity index is 2.29. The van der Waals surface area contributed by atoms with Gasteiger partial charge in [-0.1, -0.05) is 22.9 Å². The lowest BCUT2D eigenvalue weighted by Gasteiger charge is -2.05. The van der Waals surface area contributed by atoms with E-state index in [0.29, 0.717) is 20.7 Å². The number of carbonyl (C=O) groups excluding carboxylic acids is 1. The molecule has 0 aliphatic rings. The summed E-state index contributed by atoms with van der Waals surface area (Å²) >= 11 is 10.6. The summed E-state index contributed by atoms with van der Waals surface area (Å²) in [6.45, 7) is 1.76. The number of methoxy groups -OCH3 is 1. The smallest absolute Gasteiger partial charge is 0.350 e. The van der Waals surface area contributed by atoms with E-state index < -0.39 is 0 Å². The number of hydrogen-bond donors (Lipinski definition) is 1. The highest BCUT2D eigenvalue weighted by molar-refractivity contribution is 9.10. The minimum Gasteiger partial charge on any atom is -0.465 e. The Morgan fingerprint density at radius 2 is 2.26 bits per heavy atom. The molecular formula is C12H10BrClN2O2S. The quantitative estimate of drug-likeness (QED) is 0.823. The summed E-state index contributed by atoms with van der Waals surface area (Å²) in [5, 5.41) is 4.35. The van der Waals surface area contributed by atoms with Crippen molar-refractivity contribution in [1.82, 2.24) is 4.98 Å². The monoisotopic (exact) mass is 360 g/mol. The van der Waals surface area contributed by atoms with E-state index in [2.05, 4.69) is 26.2 Å². The molecule has 7 heteroatoms. The van der Waals surface area contributed by atoms with Gasteiger partial charge < -0.3 is 10.1 Å². The number of benzene rings is 1. The predicted molar refractivity (Wildman–Crippen MR) is 80.6 cm³/mol. The van der Waals surface area contributed by atoms with Crippen LogP contribution in [0.25, 0.3) is 0 Å². The molecule has 19 heavy (non-hydrogen) atoms. The Labute approximate surface area is 127 Å². The number of carbonyl (C=O) groups is 1. The van der Waals surface area contributed by atoms with Crippen molar-refractivity contribution < 1.29 is 9.53 Å². The fourth-order valence-electron chi connectivity index (χ4n) is 1.44. The topological polar surface area (TPSA) is 51.2 Å². The van der Waals surface area contributed by atoms with E-state index in [1.54, 1.807) is 19.1 Å². The Morgan fingerprint density at radius 1 is 1.53 bits per heavy atom. The number of ether oxygens (including phenoxy) is 1. The molecule has 1 N–H and O–H groups in total. The van der Waals surface area contributed by atoms with Crippen molar-refractivity contribution in [3.63, 3.8) is 0 Å². The molecule has 100 valence electrons. The number of aromatic nitrogens is 1. The molecule has 1 aromatic heterocycles. The molecule has 0 aliphatic carbocycles. The summed E-state index contributed by atoms with van der Waals surface area (Å²) in [6.07, 6.45) is 0. The van der Waals surface area contributed by atoms with E-state index in [1.807, 2.05) is 6.07 Å². The standard InChI is InChI=1S/C12H10BrClN2O2S/c1-6-10(11(17)18-2)19-12(15-6)16-9-5-7(14)3-4-8(9)13/h3-5H,1-2H3,(H,15,16). The van der Waals surface area contributed by atoms with Gasteiger partial charge in [0, 0.05) is 9.50 Å². The average molecular weight is 362 g/mol. The molecule has 0 bridgehead atoms. The second kappa shape index (κ2) is 5.90. The van der Waals surface area contributed by atoms with Gasteiger partial charge in [0.2, 0.25) is 0 Å². The van der Waals surface area contributed by atoms with E-state index in [-0.39, 0.29) is 5.97 Å².